The van der Waals surface area contributed by atoms with Gasteiger partial charge in [-0.1, -0.05) is 0 Å². The second-order valence-corrected chi connectivity index (χ2v) is 3.96. The highest BCUT2D eigenvalue weighted by atomic mass is 32.1. The standard InChI is InChI=1S/C8H11N5S/c1-5(9)2-10-8-11-4-7-6(13-8)3-12-14-7/h3-5H,2,9H2,1H3,(H,10,11,13). The minimum absolute atomic E-state index is 0.0925. The molecule has 3 N–H and O–H groups in total. The van der Waals surface area contributed by atoms with Crippen LogP contribution in [0.15, 0.2) is 12.4 Å². The number of fused-ring (bicyclic) bond motifs is 1. The van der Waals surface area contributed by atoms with E-state index in [0.717, 1.165) is 10.2 Å². The number of nitrogens with one attached hydrogen (secondary N) is 1. The Balaban J connectivity index is 2.17. The molecule has 0 saturated carbocycles. The van der Waals surface area contributed by atoms with Crippen molar-refractivity contribution in [2.24, 2.45) is 5.73 Å². The molecule has 2 heterocycles. The van der Waals surface area contributed by atoms with Gasteiger partial charge in [0.05, 0.1) is 17.1 Å². The first-order chi connectivity index (χ1) is 6.75. The summed E-state index contributed by atoms with van der Waals surface area (Å²) in [4.78, 5) is 8.42. The lowest BCUT2D eigenvalue weighted by molar-refractivity contribution is 0.774. The van der Waals surface area contributed by atoms with Crippen molar-refractivity contribution in [1.29, 1.82) is 0 Å². The maximum atomic E-state index is 5.60. The first kappa shape index (κ1) is 9.29. The van der Waals surface area contributed by atoms with E-state index in [-0.39, 0.29) is 6.04 Å². The van der Waals surface area contributed by atoms with Gasteiger partial charge in [0.25, 0.3) is 0 Å². The SMILES string of the molecule is CC(N)CNc1ncc2sncc2n1. The summed E-state index contributed by atoms with van der Waals surface area (Å²) in [5.41, 5.74) is 6.48. The van der Waals surface area contributed by atoms with Crippen molar-refractivity contribution in [2.45, 2.75) is 13.0 Å². The van der Waals surface area contributed by atoms with Crippen LogP contribution in [0.5, 0.6) is 0 Å². The summed E-state index contributed by atoms with van der Waals surface area (Å²) in [6, 6.07) is 0.0925. The molecule has 5 nitrogen and oxygen atoms in total. The molecule has 1 unspecified atom stereocenters. The van der Waals surface area contributed by atoms with E-state index in [4.69, 9.17) is 5.73 Å². The number of anilines is 1. The molecule has 1 atom stereocenters. The van der Waals surface area contributed by atoms with E-state index in [0.29, 0.717) is 12.5 Å². The first-order valence-electron chi connectivity index (χ1n) is 4.32. The van der Waals surface area contributed by atoms with Crippen molar-refractivity contribution in [2.75, 3.05) is 11.9 Å². The molecule has 0 aliphatic rings. The lowest BCUT2D eigenvalue weighted by atomic mass is 10.4. The quantitative estimate of drug-likeness (QED) is 0.783. The van der Waals surface area contributed by atoms with Crippen LogP contribution in [0.1, 0.15) is 6.92 Å². The zero-order chi connectivity index (χ0) is 9.97. The molecule has 0 radical (unpaired) electrons. The van der Waals surface area contributed by atoms with Crippen molar-refractivity contribution in [1.82, 2.24) is 14.3 Å². The van der Waals surface area contributed by atoms with Crippen LogP contribution in [0, 0.1) is 0 Å². The third kappa shape index (κ3) is 1.97. The number of nitrogens with two attached hydrogens (primary N) is 1. The highest BCUT2D eigenvalue weighted by Crippen LogP contribution is 2.15. The van der Waals surface area contributed by atoms with E-state index in [9.17, 15) is 0 Å². The second kappa shape index (κ2) is 3.85. The summed E-state index contributed by atoms with van der Waals surface area (Å²) >= 11 is 1.39. The van der Waals surface area contributed by atoms with Gasteiger partial charge in [0, 0.05) is 12.6 Å². The Morgan fingerprint density at radius 2 is 2.43 bits per heavy atom. The molecule has 0 amide bonds. The Morgan fingerprint density at radius 3 is 3.21 bits per heavy atom. The molecule has 2 aromatic heterocycles. The molecular formula is C8H11N5S. The molecule has 74 valence electrons. The van der Waals surface area contributed by atoms with Crippen LogP contribution in [0.25, 0.3) is 10.2 Å². The largest absolute Gasteiger partial charge is 0.353 e. The molecular weight excluding hydrogens is 198 g/mol. The van der Waals surface area contributed by atoms with E-state index in [1.807, 2.05) is 6.92 Å². The zero-order valence-electron chi connectivity index (χ0n) is 7.77. The molecule has 0 aromatic carbocycles. The number of nitrogens with zero attached hydrogens (tertiary/aromatic N) is 3. The monoisotopic (exact) mass is 209 g/mol. The fourth-order valence-electron chi connectivity index (χ4n) is 1.02. The van der Waals surface area contributed by atoms with Gasteiger partial charge in [0.15, 0.2) is 0 Å². The molecule has 0 bridgehead atoms. The topological polar surface area (TPSA) is 76.7 Å². The Labute approximate surface area is 85.5 Å². The van der Waals surface area contributed by atoms with E-state index >= 15 is 0 Å². The summed E-state index contributed by atoms with van der Waals surface area (Å²) in [5, 5.41) is 3.06. The van der Waals surface area contributed by atoms with Gasteiger partial charge >= 0.3 is 0 Å². The molecule has 0 saturated heterocycles. The minimum Gasteiger partial charge on any atom is -0.353 e. The molecule has 0 fully saturated rings. The second-order valence-electron chi connectivity index (χ2n) is 3.13. The fourth-order valence-corrected chi connectivity index (χ4v) is 1.58. The van der Waals surface area contributed by atoms with Crippen LogP contribution in [0.2, 0.25) is 0 Å². The van der Waals surface area contributed by atoms with E-state index in [1.165, 1.54) is 11.5 Å². The van der Waals surface area contributed by atoms with Crippen LogP contribution in [-0.4, -0.2) is 26.9 Å². The fraction of sp³-hybridized carbons (Fsp3) is 0.375. The van der Waals surface area contributed by atoms with Crippen LogP contribution < -0.4 is 11.1 Å². The Morgan fingerprint density at radius 1 is 1.57 bits per heavy atom. The predicted octanol–water partition coefficient (Wildman–Crippen LogP) is 0.845. The van der Waals surface area contributed by atoms with Crippen LogP contribution in [0.3, 0.4) is 0 Å². The van der Waals surface area contributed by atoms with E-state index in [2.05, 4.69) is 19.7 Å². The molecule has 2 rings (SSSR count). The molecule has 0 aliphatic heterocycles. The van der Waals surface area contributed by atoms with Crippen molar-refractivity contribution in [3.8, 4) is 0 Å². The van der Waals surface area contributed by atoms with Crippen LogP contribution in [0.4, 0.5) is 5.95 Å². The highest BCUT2D eigenvalue weighted by molar-refractivity contribution is 7.13. The summed E-state index contributed by atoms with van der Waals surface area (Å²) in [6.45, 7) is 2.60. The van der Waals surface area contributed by atoms with Gasteiger partial charge in [-0.25, -0.2) is 9.97 Å². The molecule has 14 heavy (non-hydrogen) atoms. The summed E-state index contributed by atoms with van der Waals surface area (Å²) in [6.07, 6.45) is 3.50. The van der Waals surface area contributed by atoms with Gasteiger partial charge in [0.1, 0.15) is 5.52 Å². The smallest absolute Gasteiger partial charge is 0.223 e. The Bertz CT molecular complexity index is 424. The average Bonchev–Trinajstić information content (AvgIpc) is 2.61. The normalized spacial score (nSPS) is 13.0. The van der Waals surface area contributed by atoms with E-state index in [1.54, 1.807) is 12.4 Å². The lowest BCUT2D eigenvalue weighted by Gasteiger charge is -2.06. The highest BCUT2D eigenvalue weighted by Gasteiger charge is 2.01. The van der Waals surface area contributed by atoms with Crippen molar-refractivity contribution in [3.63, 3.8) is 0 Å². The molecule has 2 aromatic rings. The number of hydrogen-bond donors (Lipinski definition) is 2. The third-order valence-electron chi connectivity index (χ3n) is 1.69. The Kier molecular flexibility index (Phi) is 2.55. The summed E-state index contributed by atoms with van der Waals surface area (Å²) < 4.78 is 5.02. The van der Waals surface area contributed by atoms with Crippen molar-refractivity contribution in [3.05, 3.63) is 12.4 Å². The van der Waals surface area contributed by atoms with Crippen LogP contribution >= 0.6 is 11.5 Å². The number of hydrogen-bond acceptors (Lipinski definition) is 6. The van der Waals surface area contributed by atoms with Gasteiger partial charge in [-0.3, -0.25) is 0 Å². The summed E-state index contributed by atoms with van der Waals surface area (Å²) in [5.74, 6) is 0.606. The molecule has 0 spiro atoms. The maximum Gasteiger partial charge on any atom is 0.223 e. The van der Waals surface area contributed by atoms with Crippen molar-refractivity contribution < 1.29 is 0 Å². The number of rotatable bonds is 3. The van der Waals surface area contributed by atoms with Gasteiger partial charge in [-0.2, -0.15) is 4.37 Å². The minimum atomic E-state index is 0.0925. The Hall–Kier alpha value is -1.27. The number of aromatic nitrogens is 3. The predicted molar refractivity (Wildman–Crippen MR) is 57.3 cm³/mol. The van der Waals surface area contributed by atoms with Gasteiger partial charge < -0.3 is 11.1 Å². The first-order valence-corrected chi connectivity index (χ1v) is 5.10. The zero-order valence-corrected chi connectivity index (χ0v) is 8.58. The third-order valence-corrected chi connectivity index (χ3v) is 2.41. The van der Waals surface area contributed by atoms with Gasteiger partial charge in [0.2, 0.25) is 5.95 Å². The average molecular weight is 209 g/mol. The summed E-state index contributed by atoms with van der Waals surface area (Å²) in [7, 11) is 0. The van der Waals surface area contributed by atoms with Gasteiger partial charge in [-0.15, -0.1) is 0 Å². The lowest BCUT2D eigenvalue weighted by Crippen LogP contribution is -2.25. The van der Waals surface area contributed by atoms with Crippen LogP contribution in [-0.2, 0) is 0 Å². The van der Waals surface area contributed by atoms with Gasteiger partial charge in [-0.05, 0) is 18.5 Å². The van der Waals surface area contributed by atoms with E-state index < -0.39 is 0 Å². The molecule has 0 aliphatic carbocycles. The van der Waals surface area contributed by atoms with Crippen molar-refractivity contribution >= 4 is 27.7 Å². The maximum absolute atomic E-state index is 5.60. The molecule has 6 heteroatoms.